The summed E-state index contributed by atoms with van der Waals surface area (Å²) < 4.78 is 0. The molecule has 3 N–H and O–H groups in total. The number of carbonyl (C=O) groups is 2. The van der Waals surface area contributed by atoms with E-state index in [0.717, 1.165) is 0 Å². The summed E-state index contributed by atoms with van der Waals surface area (Å²) in [5.41, 5.74) is 5.62. The molecule has 0 aliphatic heterocycles. The number of ketones is 1. The second kappa shape index (κ2) is 4.41. The third-order valence-corrected chi connectivity index (χ3v) is 1.85. The first-order chi connectivity index (χ1) is 7.00. The first kappa shape index (κ1) is 11.0. The average molecular weight is 205 g/mol. The van der Waals surface area contributed by atoms with Gasteiger partial charge < -0.3 is 10.8 Å². The first-order valence-electron chi connectivity index (χ1n) is 4.32. The van der Waals surface area contributed by atoms with E-state index < -0.39 is 5.91 Å². The topological polar surface area (TPSA) is 80.4 Å². The smallest absolute Gasteiger partial charge is 0.252 e. The van der Waals surface area contributed by atoms with Crippen molar-refractivity contribution in [3.05, 3.63) is 35.4 Å². The van der Waals surface area contributed by atoms with Crippen molar-refractivity contribution >= 4 is 17.8 Å². The number of phenols is 1. The van der Waals surface area contributed by atoms with Gasteiger partial charge in [-0.1, -0.05) is 12.1 Å². The average Bonchev–Trinajstić information content (AvgIpc) is 2.15. The molecule has 1 amide bonds. The Hall–Kier alpha value is -2.10. The molecule has 0 bridgehead atoms. The van der Waals surface area contributed by atoms with Crippen LogP contribution in [0.4, 0.5) is 0 Å². The van der Waals surface area contributed by atoms with E-state index in [0.29, 0.717) is 5.56 Å². The van der Waals surface area contributed by atoms with Crippen LogP contribution in [0.1, 0.15) is 12.5 Å². The summed E-state index contributed by atoms with van der Waals surface area (Å²) >= 11 is 0. The highest BCUT2D eigenvalue weighted by Gasteiger charge is 2.09. The number of Topliss-reactive ketones (excluding diaryl/α,β-unsaturated/α-hetero) is 1. The zero-order valence-electron chi connectivity index (χ0n) is 8.23. The summed E-state index contributed by atoms with van der Waals surface area (Å²) in [6, 6.07) is 6.09. The molecule has 1 aromatic carbocycles. The molecule has 15 heavy (non-hydrogen) atoms. The predicted octanol–water partition coefficient (Wildman–Crippen LogP) is 0.850. The van der Waals surface area contributed by atoms with Crippen molar-refractivity contribution < 1.29 is 14.7 Å². The maximum atomic E-state index is 11.0. The lowest BCUT2D eigenvalue weighted by atomic mass is 10.1. The van der Waals surface area contributed by atoms with E-state index in [1.54, 1.807) is 12.1 Å². The molecule has 0 radical (unpaired) electrons. The summed E-state index contributed by atoms with van der Waals surface area (Å²) in [7, 11) is 0. The molecule has 0 aliphatic rings. The van der Waals surface area contributed by atoms with Crippen LogP contribution in [0.15, 0.2) is 29.8 Å². The summed E-state index contributed by atoms with van der Waals surface area (Å²) in [5.74, 6) is -1.01. The van der Waals surface area contributed by atoms with Gasteiger partial charge in [0.15, 0.2) is 5.78 Å². The maximum Gasteiger partial charge on any atom is 0.252 e. The molecule has 78 valence electrons. The second-order valence-electron chi connectivity index (χ2n) is 3.07. The predicted molar refractivity (Wildman–Crippen MR) is 56.0 cm³/mol. The van der Waals surface area contributed by atoms with Crippen molar-refractivity contribution in [3.8, 4) is 5.75 Å². The van der Waals surface area contributed by atoms with Gasteiger partial charge in [0.1, 0.15) is 5.75 Å². The van der Waals surface area contributed by atoms with E-state index in [-0.39, 0.29) is 17.1 Å². The van der Waals surface area contributed by atoms with Crippen molar-refractivity contribution in [2.45, 2.75) is 6.92 Å². The molecule has 0 atom stereocenters. The highest BCUT2D eigenvalue weighted by Crippen LogP contribution is 2.13. The molecule has 0 aliphatic carbocycles. The van der Waals surface area contributed by atoms with E-state index in [1.165, 1.54) is 25.1 Å². The zero-order chi connectivity index (χ0) is 11.4. The van der Waals surface area contributed by atoms with Gasteiger partial charge in [0.05, 0.1) is 5.57 Å². The van der Waals surface area contributed by atoms with Crippen LogP contribution in [0.3, 0.4) is 0 Å². The SMILES string of the molecule is CC(=O)/C(=C/c1ccc(O)cc1)C(N)=O. The van der Waals surface area contributed by atoms with Crippen LogP contribution in [-0.4, -0.2) is 16.8 Å². The van der Waals surface area contributed by atoms with Gasteiger partial charge >= 0.3 is 0 Å². The van der Waals surface area contributed by atoms with E-state index in [2.05, 4.69) is 0 Å². The van der Waals surface area contributed by atoms with E-state index in [4.69, 9.17) is 10.8 Å². The van der Waals surface area contributed by atoms with E-state index >= 15 is 0 Å². The third-order valence-electron chi connectivity index (χ3n) is 1.85. The number of phenolic OH excluding ortho intramolecular Hbond substituents is 1. The first-order valence-corrected chi connectivity index (χ1v) is 4.32. The molecule has 0 unspecified atom stereocenters. The zero-order valence-corrected chi connectivity index (χ0v) is 8.23. The number of rotatable bonds is 3. The van der Waals surface area contributed by atoms with Crippen LogP contribution in [0.2, 0.25) is 0 Å². The fourth-order valence-corrected chi connectivity index (χ4v) is 1.08. The Morgan fingerprint density at radius 3 is 2.20 bits per heavy atom. The number of primary amides is 1. The van der Waals surface area contributed by atoms with Gasteiger partial charge in [-0.15, -0.1) is 0 Å². The molecular formula is C11H11NO3. The Morgan fingerprint density at radius 2 is 1.80 bits per heavy atom. The molecule has 0 saturated carbocycles. The standard InChI is InChI=1S/C11H11NO3/c1-7(13)10(11(12)15)6-8-2-4-9(14)5-3-8/h2-6,14H,1H3,(H2,12,15)/b10-6-. The monoisotopic (exact) mass is 205 g/mol. The minimum Gasteiger partial charge on any atom is -0.508 e. The third kappa shape index (κ3) is 2.95. The lowest BCUT2D eigenvalue weighted by Gasteiger charge is -1.98. The Balaban J connectivity index is 3.08. The molecule has 0 spiro atoms. The van der Waals surface area contributed by atoms with Crippen molar-refractivity contribution in [3.63, 3.8) is 0 Å². The Morgan fingerprint density at radius 1 is 1.27 bits per heavy atom. The normalized spacial score (nSPS) is 11.1. The van der Waals surface area contributed by atoms with Gasteiger partial charge in [-0.3, -0.25) is 9.59 Å². The number of hydrogen-bond donors (Lipinski definition) is 2. The van der Waals surface area contributed by atoms with E-state index in [1.807, 2.05) is 0 Å². The summed E-state index contributed by atoms with van der Waals surface area (Å²) in [4.78, 5) is 21.9. The highest BCUT2D eigenvalue weighted by atomic mass is 16.3. The summed E-state index contributed by atoms with van der Waals surface area (Å²) in [5, 5.41) is 9.03. The number of aromatic hydroxyl groups is 1. The molecule has 0 aromatic heterocycles. The second-order valence-corrected chi connectivity index (χ2v) is 3.07. The van der Waals surface area contributed by atoms with E-state index in [9.17, 15) is 9.59 Å². The van der Waals surface area contributed by atoms with Crippen molar-refractivity contribution in [2.24, 2.45) is 5.73 Å². The van der Waals surface area contributed by atoms with Gasteiger partial charge in [-0.2, -0.15) is 0 Å². The fourth-order valence-electron chi connectivity index (χ4n) is 1.08. The molecule has 0 heterocycles. The number of nitrogens with two attached hydrogens (primary N) is 1. The van der Waals surface area contributed by atoms with Crippen LogP contribution >= 0.6 is 0 Å². The lowest BCUT2D eigenvalue weighted by molar-refractivity contribution is -0.119. The Labute approximate surface area is 87.0 Å². The lowest BCUT2D eigenvalue weighted by Crippen LogP contribution is -2.18. The van der Waals surface area contributed by atoms with Gasteiger partial charge in [0.2, 0.25) is 0 Å². The van der Waals surface area contributed by atoms with Crippen molar-refractivity contribution in [1.29, 1.82) is 0 Å². The van der Waals surface area contributed by atoms with Crippen LogP contribution < -0.4 is 5.73 Å². The fraction of sp³-hybridized carbons (Fsp3) is 0.0909. The van der Waals surface area contributed by atoms with Crippen LogP contribution in [0.25, 0.3) is 6.08 Å². The highest BCUT2D eigenvalue weighted by molar-refractivity contribution is 6.21. The van der Waals surface area contributed by atoms with Crippen LogP contribution in [0.5, 0.6) is 5.75 Å². The Kier molecular flexibility index (Phi) is 3.23. The molecular weight excluding hydrogens is 194 g/mol. The van der Waals surface area contributed by atoms with Crippen molar-refractivity contribution in [2.75, 3.05) is 0 Å². The van der Waals surface area contributed by atoms with Crippen molar-refractivity contribution in [1.82, 2.24) is 0 Å². The van der Waals surface area contributed by atoms with Crippen LogP contribution in [-0.2, 0) is 9.59 Å². The largest absolute Gasteiger partial charge is 0.508 e. The molecule has 4 heteroatoms. The van der Waals surface area contributed by atoms with Gasteiger partial charge in [0, 0.05) is 0 Å². The summed E-state index contributed by atoms with van der Waals surface area (Å²) in [6.07, 6.45) is 1.39. The maximum absolute atomic E-state index is 11.0. The Bertz CT molecular complexity index is 402. The molecule has 0 fully saturated rings. The number of amides is 1. The minimum atomic E-state index is -0.754. The number of carbonyl (C=O) groups excluding carboxylic acids is 2. The molecule has 1 rings (SSSR count). The quantitative estimate of drug-likeness (QED) is 0.436. The number of hydrogen-bond acceptors (Lipinski definition) is 3. The molecule has 0 saturated heterocycles. The van der Waals surface area contributed by atoms with Gasteiger partial charge in [0.25, 0.3) is 5.91 Å². The summed E-state index contributed by atoms with van der Waals surface area (Å²) in [6.45, 7) is 1.27. The number of benzene rings is 1. The minimum absolute atomic E-state index is 0.0549. The van der Waals surface area contributed by atoms with Crippen LogP contribution in [0, 0.1) is 0 Å². The molecule has 4 nitrogen and oxygen atoms in total. The van der Waals surface area contributed by atoms with Gasteiger partial charge in [-0.25, -0.2) is 0 Å². The van der Waals surface area contributed by atoms with Gasteiger partial charge in [-0.05, 0) is 30.7 Å². The molecule has 1 aromatic rings.